The van der Waals surface area contributed by atoms with Crippen LogP contribution in [0.4, 0.5) is 4.39 Å². The number of ketones is 1. The standard InChI is InChI=1S/C20H23FN4O5.C4H8/c21-13-5-1-3-11-7-15(25-18(11)13)20(30)23-9-17(28)24-14(16(27)10-26)8-12-4-2-6-22-19(12)29;1-4-2-3-4/h1,3,5,7,12,14,25-26H,2,4,6,8-10H2,(H,22,29)(H,23,30)(H,24,28);4H,2-3H2,1H3/t12-,14-;/m0./s1. The van der Waals surface area contributed by atoms with Gasteiger partial charge < -0.3 is 26.0 Å². The minimum absolute atomic E-state index is 0.0756. The fourth-order valence-corrected chi connectivity index (χ4v) is 3.64. The number of H-pyrrole nitrogens is 1. The summed E-state index contributed by atoms with van der Waals surface area (Å²) < 4.78 is 13.7. The Labute approximate surface area is 196 Å². The van der Waals surface area contributed by atoms with Crippen LogP contribution in [0.5, 0.6) is 0 Å². The lowest BCUT2D eigenvalue weighted by molar-refractivity contribution is -0.131. The van der Waals surface area contributed by atoms with Crippen LogP contribution in [0.25, 0.3) is 10.9 Å². The van der Waals surface area contributed by atoms with E-state index in [1.807, 2.05) is 0 Å². The minimum Gasteiger partial charge on any atom is -0.389 e. The molecular formula is C24H31FN4O5. The maximum Gasteiger partial charge on any atom is 0.268 e. The molecular weight excluding hydrogens is 443 g/mol. The maximum atomic E-state index is 13.7. The third-order valence-corrected chi connectivity index (χ3v) is 5.92. The first-order valence-electron chi connectivity index (χ1n) is 11.5. The zero-order valence-corrected chi connectivity index (χ0v) is 19.2. The Morgan fingerprint density at radius 3 is 2.59 bits per heavy atom. The SMILES string of the molecule is CC1CC1.O=C(CNC(=O)c1cc2cccc(F)c2[nH]1)N[C@@H](C[C@@H]1CCCNC1=O)C(=O)CO. The molecule has 0 unspecified atom stereocenters. The van der Waals surface area contributed by atoms with Crippen molar-refractivity contribution in [1.29, 1.82) is 0 Å². The quantitative estimate of drug-likeness (QED) is 0.394. The van der Waals surface area contributed by atoms with E-state index >= 15 is 0 Å². The van der Waals surface area contributed by atoms with Crippen molar-refractivity contribution in [3.05, 3.63) is 35.8 Å². The summed E-state index contributed by atoms with van der Waals surface area (Å²) in [5.74, 6) is -1.91. The van der Waals surface area contributed by atoms with Gasteiger partial charge in [0.05, 0.1) is 18.1 Å². The van der Waals surface area contributed by atoms with Crippen molar-refractivity contribution in [2.24, 2.45) is 11.8 Å². The van der Waals surface area contributed by atoms with Crippen molar-refractivity contribution in [3.63, 3.8) is 0 Å². The number of halogens is 1. The smallest absolute Gasteiger partial charge is 0.268 e. The van der Waals surface area contributed by atoms with E-state index in [0.717, 1.165) is 12.3 Å². The molecule has 10 heteroatoms. The number of rotatable bonds is 8. The number of aromatic nitrogens is 1. The molecule has 9 nitrogen and oxygen atoms in total. The summed E-state index contributed by atoms with van der Waals surface area (Å²) >= 11 is 0. The van der Waals surface area contributed by atoms with Gasteiger partial charge in [0.25, 0.3) is 5.91 Å². The molecule has 0 radical (unpaired) electrons. The summed E-state index contributed by atoms with van der Waals surface area (Å²) in [6, 6.07) is 4.86. The second kappa shape index (κ2) is 11.7. The Hall–Kier alpha value is -3.27. The third-order valence-electron chi connectivity index (χ3n) is 5.92. The third kappa shape index (κ3) is 7.11. The normalized spacial score (nSPS) is 18.3. The summed E-state index contributed by atoms with van der Waals surface area (Å²) in [7, 11) is 0. The number of fused-ring (bicyclic) bond motifs is 1. The number of benzene rings is 1. The molecule has 0 spiro atoms. The molecule has 1 saturated heterocycles. The molecule has 2 aliphatic rings. The summed E-state index contributed by atoms with van der Waals surface area (Å²) in [5.41, 5.74) is 0.274. The highest BCUT2D eigenvalue weighted by atomic mass is 19.1. The molecule has 5 N–H and O–H groups in total. The van der Waals surface area contributed by atoms with Crippen LogP contribution in [0.2, 0.25) is 0 Å². The molecule has 1 aliphatic carbocycles. The molecule has 1 aliphatic heterocycles. The van der Waals surface area contributed by atoms with Gasteiger partial charge in [0.15, 0.2) is 5.78 Å². The Balaban J connectivity index is 0.000000732. The lowest BCUT2D eigenvalue weighted by Crippen LogP contribution is -2.49. The van der Waals surface area contributed by atoms with E-state index < -0.39 is 48.5 Å². The van der Waals surface area contributed by atoms with Crippen LogP contribution >= 0.6 is 0 Å². The zero-order valence-electron chi connectivity index (χ0n) is 19.2. The molecule has 2 fully saturated rings. The largest absolute Gasteiger partial charge is 0.389 e. The van der Waals surface area contributed by atoms with Crippen molar-refractivity contribution in [1.82, 2.24) is 20.9 Å². The van der Waals surface area contributed by atoms with E-state index in [1.54, 1.807) is 6.07 Å². The molecule has 3 amide bonds. The molecule has 2 atom stereocenters. The first kappa shape index (κ1) is 25.4. The number of amides is 3. The van der Waals surface area contributed by atoms with E-state index in [-0.39, 0.29) is 23.5 Å². The number of carbonyl (C=O) groups is 4. The van der Waals surface area contributed by atoms with Crippen LogP contribution < -0.4 is 16.0 Å². The van der Waals surface area contributed by atoms with Crippen molar-refractivity contribution in [3.8, 4) is 0 Å². The highest BCUT2D eigenvalue weighted by molar-refractivity contribution is 6.00. The number of nitrogens with one attached hydrogen (secondary N) is 4. The van der Waals surface area contributed by atoms with Crippen LogP contribution in [-0.4, -0.2) is 59.3 Å². The maximum absolute atomic E-state index is 13.7. The van der Waals surface area contributed by atoms with Gasteiger partial charge in [-0.05, 0) is 37.3 Å². The second-order valence-electron chi connectivity index (χ2n) is 8.86. The fourth-order valence-electron chi connectivity index (χ4n) is 3.64. The average molecular weight is 475 g/mol. The number of aliphatic hydroxyl groups excluding tert-OH is 1. The molecule has 0 bridgehead atoms. The van der Waals surface area contributed by atoms with Gasteiger partial charge in [-0.2, -0.15) is 0 Å². The molecule has 184 valence electrons. The Morgan fingerprint density at radius 1 is 1.24 bits per heavy atom. The van der Waals surface area contributed by atoms with Gasteiger partial charge in [-0.15, -0.1) is 0 Å². The number of carbonyl (C=O) groups excluding carboxylic acids is 4. The zero-order chi connectivity index (χ0) is 24.7. The van der Waals surface area contributed by atoms with Crippen molar-refractivity contribution >= 4 is 34.4 Å². The van der Waals surface area contributed by atoms with Gasteiger partial charge in [-0.25, -0.2) is 4.39 Å². The summed E-state index contributed by atoms with van der Waals surface area (Å²) in [5, 5.41) is 17.3. The summed E-state index contributed by atoms with van der Waals surface area (Å²) in [6.45, 7) is 1.65. The number of hydrogen-bond donors (Lipinski definition) is 5. The number of piperidine rings is 1. The van der Waals surface area contributed by atoms with E-state index in [1.165, 1.54) is 31.0 Å². The summed E-state index contributed by atoms with van der Waals surface area (Å²) in [4.78, 5) is 51.1. The second-order valence-corrected chi connectivity index (χ2v) is 8.86. The molecule has 1 saturated carbocycles. The van der Waals surface area contributed by atoms with E-state index in [9.17, 15) is 23.6 Å². The average Bonchev–Trinajstić information content (AvgIpc) is 3.47. The molecule has 2 heterocycles. The fraction of sp³-hybridized carbons (Fsp3) is 0.500. The van der Waals surface area contributed by atoms with Gasteiger partial charge in [-0.3, -0.25) is 19.2 Å². The van der Waals surface area contributed by atoms with Gasteiger partial charge in [0.2, 0.25) is 11.8 Å². The van der Waals surface area contributed by atoms with Crippen LogP contribution in [0.15, 0.2) is 24.3 Å². The number of hydrogen-bond acceptors (Lipinski definition) is 5. The van der Waals surface area contributed by atoms with E-state index in [4.69, 9.17) is 5.11 Å². The monoisotopic (exact) mass is 474 g/mol. The van der Waals surface area contributed by atoms with Crippen LogP contribution in [0, 0.1) is 17.7 Å². The predicted octanol–water partition coefficient (Wildman–Crippen LogP) is 1.42. The Kier molecular flexibility index (Phi) is 8.75. The lowest BCUT2D eigenvalue weighted by atomic mass is 9.90. The van der Waals surface area contributed by atoms with Gasteiger partial charge in [0.1, 0.15) is 18.1 Å². The van der Waals surface area contributed by atoms with Gasteiger partial charge >= 0.3 is 0 Å². The van der Waals surface area contributed by atoms with Crippen LogP contribution in [0.3, 0.4) is 0 Å². The number of aromatic amines is 1. The highest BCUT2D eigenvalue weighted by Crippen LogP contribution is 2.26. The molecule has 34 heavy (non-hydrogen) atoms. The lowest BCUT2D eigenvalue weighted by Gasteiger charge is -2.26. The first-order chi connectivity index (χ1) is 16.3. The van der Waals surface area contributed by atoms with Crippen molar-refractivity contribution in [2.75, 3.05) is 19.7 Å². The molecule has 4 rings (SSSR count). The van der Waals surface area contributed by atoms with Crippen molar-refractivity contribution in [2.45, 2.75) is 45.1 Å². The van der Waals surface area contributed by atoms with Crippen molar-refractivity contribution < 1.29 is 28.7 Å². The van der Waals surface area contributed by atoms with Crippen LogP contribution in [-0.2, 0) is 14.4 Å². The minimum atomic E-state index is -1.03. The number of aliphatic hydroxyl groups is 1. The Bertz CT molecular complexity index is 1050. The Morgan fingerprint density at radius 2 is 1.97 bits per heavy atom. The number of para-hydroxylation sites is 1. The summed E-state index contributed by atoms with van der Waals surface area (Å²) in [6.07, 6.45) is 4.41. The van der Waals surface area contributed by atoms with Gasteiger partial charge in [-0.1, -0.05) is 31.9 Å². The first-order valence-corrected chi connectivity index (χ1v) is 11.5. The van der Waals surface area contributed by atoms with Crippen LogP contribution in [0.1, 0.15) is 49.5 Å². The van der Waals surface area contributed by atoms with Gasteiger partial charge in [0, 0.05) is 17.8 Å². The highest BCUT2D eigenvalue weighted by Gasteiger charge is 2.29. The van der Waals surface area contributed by atoms with E-state index in [0.29, 0.717) is 18.4 Å². The molecule has 1 aromatic carbocycles. The molecule has 2 aromatic rings. The van der Waals surface area contributed by atoms with E-state index in [2.05, 4.69) is 27.9 Å². The molecule has 1 aromatic heterocycles. The number of Topliss-reactive ketones (excluding diaryl/α,β-unsaturated/α-hetero) is 1. The topological polar surface area (TPSA) is 140 Å². The predicted molar refractivity (Wildman–Crippen MR) is 123 cm³/mol.